The maximum atomic E-state index is 12.5. The zero-order valence-electron chi connectivity index (χ0n) is 15.7. The van der Waals surface area contributed by atoms with Gasteiger partial charge in [-0.25, -0.2) is 4.98 Å². The second-order valence-corrected chi connectivity index (χ2v) is 8.98. The van der Waals surface area contributed by atoms with Crippen LogP contribution in [0, 0.1) is 12.8 Å². The Morgan fingerprint density at radius 1 is 1.25 bits per heavy atom. The zero-order chi connectivity index (χ0) is 19.3. The van der Waals surface area contributed by atoms with Crippen LogP contribution >= 0.6 is 23.1 Å². The molecule has 6 heteroatoms. The number of thioether (sulfide) groups is 1. The van der Waals surface area contributed by atoms with Gasteiger partial charge in [0.25, 0.3) is 5.91 Å². The number of ether oxygens (including phenoxy) is 1. The number of thiazole rings is 1. The number of benzene rings is 2. The van der Waals surface area contributed by atoms with Crippen LogP contribution < -0.4 is 10.1 Å². The number of aryl methyl sites for hydroxylation is 1. The topological polar surface area (TPSA) is 51.2 Å². The molecule has 1 aromatic heterocycles. The van der Waals surface area contributed by atoms with E-state index < -0.39 is 0 Å². The van der Waals surface area contributed by atoms with Crippen molar-refractivity contribution in [2.45, 2.75) is 24.0 Å². The summed E-state index contributed by atoms with van der Waals surface area (Å²) in [5.74, 6) is 2.07. The lowest BCUT2D eigenvalue weighted by atomic mass is 9.96. The van der Waals surface area contributed by atoms with Crippen molar-refractivity contribution >= 4 is 29.0 Å². The minimum Gasteiger partial charge on any atom is -0.493 e. The van der Waals surface area contributed by atoms with Crippen LogP contribution in [0.1, 0.15) is 26.6 Å². The maximum Gasteiger partial charge on any atom is 0.251 e. The summed E-state index contributed by atoms with van der Waals surface area (Å²) in [6.07, 6.45) is 0.933. The lowest BCUT2D eigenvalue weighted by Crippen LogP contribution is -2.34. The molecule has 0 saturated heterocycles. The molecule has 0 saturated carbocycles. The number of para-hydroxylation sites is 1. The number of aromatic nitrogens is 1. The highest BCUT2D eigenvalue weighted by Crippen LogP contribution is 2.27. The number of nitrogens with one attached hydrogen (secondary N) is 1. The van der Waals surface area contributed by atoms with Crippen LogP contribution in [0.2, 0.25) is 0 Å². The molecule has 1 aliphatic rings. The molecule has 0 bridgehead atoms. The van der Waals surface area contributed by atoms with Crippen molar-refractivity contribution in [2.24, 2.45) is 5.92 Å². The molecule has 144 valence electrons. The number of hydrogen-bond acceptors (Lipinski definition) is 5. The third-order valence-corrected chi connectivity index (χ3v) is 6.54. The number of carbonyl (C=O) groups excluding carboxylic acids is 1. The van der Waals surface area contributed by atoms with Crippen LogP contribution in [-0.2, 0) is 12.2 Å². The van der Waals surface area contributed by atoms with E-state index in [1.807, 2.05) is 49.4 Å². The van der Waals surface area contributed by atoms with Gasteiger partial charge in [0.05, 0.1) is 17.3 Å². The summed E-state index contributed by atoms with van der Waals surface area (Å²) in [4.78, 5) is 18.1. The van der Waals surface area contributed by atoms with Crippen LogP contribution in [0.15, 0.2) is 58.8 Å². The molecule has 0 fully saturated rings. The van der Waals surface area contributed by atoms with E-state index in [2.05, 4.69) is 21.7 Å². The van der Waals surface area contributed by atoms with Crippen molar-refractivity contribution in [2.75, 3.05) is 13.2 Å². The van der Waals surface area contributed by atoms with Crippen molar-refractivity contribution < 1.29 is 9.53 Å². The monoisotopic (exact) mass is 410 g/mol. The van der Waals surface area contributed by atoms with Crippen molar-refractivity contribution in [3.8, 4) is 5.75 Å². The number of hydrogen-bond donors (Lipinski definition) is 1. The quantitative estimate of drug-likeness (QED) is 0.597. The maximum absolute atomic E-state index is 12.5. The van der Waals surface area contributed by atoms with Gasteiger partial charge in [-0.2, -0.15) is 0 Å². The first kappa shape index (κ1) is 19.0. The molecule has 0 aliphatic carbocycles. The van der Waals surface area contributed by atoms with E-state index >= 15 is 0 Å². The average Bonchev–Trinajstić information content (AvgIpc) is 3.16. The molecule has 0 spiro atoms. The molecule has 1 N–H and O–H groups in total. The van der Waals surface area contributed by atoms with Gasteiger partial charge in [0.15, 0.2) is 0 Å². The van der Waals surface area contributed by atoms with Crippen molar-refractivity contribution in [3.05, 3.63) is 75.7 Å². The smallest absolute Gasteiger partial charge is 0.251 e. The fourth-order valence-corrected chi connectivity index (χ4v) is 4.70. The highest BCUT2D eigenvalue weighted by molar-refractivity contribution is 7.98. The number of fused-ring (bicyclic) bond motifs is 1. The molecule has 1 atom stereocenters. The molecule has 2 aromatic carbocycles. The first-order valence-corrected chi connectivity index (χ1v) is 11.2. The highest BCUT2D eigenvalue weighted by Gasteiger charge is 2.20. The Balaban J connectivity index is 1.27. The Hall–Kier alpha value is -2.31. The average molecular weight is 411 g/mol. The molecule has 2 heterocycles. The van der Waals surface area contributed by atoms with Gasteiger partial charge in [0.1, 0.15) is 5.75 Å². The number of carbonyl (C=O) groups is 1. The standard InChI is InChI=1S/C22H22N2O2S2/c1-15-24-19(13-27-15)14-28-20-8-6-17(7-9-20)22(25)23-11-16-10-18-4-2-3-5-21(18)26-12-16/h2-9,13,16H,10-12,14H2,1H3,(H,23,25). The van der Waals surface area contributed by atoms with Crippen molar-refractivity contribution in [1.29, 1.82) is 0 Å². The molecular weight excluding hydrogens is 388 g/mol. The fourth-order valence-electron chi connectivity index (χ4n) is 3.20. The first-order chi connectivity index (χ1) is 13.7. The van der Waals surface area contributed by atoms with Crippen molar-refractivity contribution in [1.82, 2.24) is 10.3 Å². The Morgan fingerprint density at radius 3 is 2.86 bits per heavy atom. The van der Waals surface area contributed by atoms with Crippen LogP contribution in [0.3, 0.4) is 0 Å². The second-order valence-electron chi connectivity index (χ2n) is 6.87. The number of nitrogens with zero attached hydrogens (tertiary/aromatic N) is 1. The molecule has 0 radical (unpaired) electrons. The fraction of sp³-hybridized carbons (Fsp3) is 0.273. The van der Waals surface area contributed by atoms with E-state index in [0.717, 1.165) is 33.5 Å². The van der Waals surface area contributed by atoms with Crippen LogP contribution in [0.4, 0.5) is 0 Å². The normalized spacial score (nSPS) is 15.5. The number of rotatable bonds is 6. The van der Waals surface area contributed by atoms with Gasteiger partial charge in [0.2, 0.25) is 0 Å². The minimum atomic E-state index is -0.0365. The molecule has 1 aliphatic heterocycles. The summed E-state index contributed by atoms with van der Waals surface area (Å²) in [5.41, 5.74) is 3.00. The van der Waals surface area contributed by atoms with E-state index in [1.165, 1.54) is 5.56 Å². The van der Waals surface area contributed by atoms with Gasteiger partial charge in [-0.15, -0.1) is 23.1 Å². The van der Waals surface area contributed by atoms with Gasteiger partial charge in [-0.1, -0.05) is 18.2 Å². The molecule has 1 unspecified atom stereocenters. The molecule has 28 heavy (non-hydrogen) atoms. The highest BCUT2D eigenvalue weighted by atomic mass is 32.2. The summed E-state index contributed by atoms with van der Waals surface area (Å²) in [6, 6.07) is 15.9. The summed E-state index contributed by atoms with van der Waals surface area (Å²) in [7, 11) is 0. The third-order valence-electron chi connectivity index (χ3n) is 4.68. The van der Waals surface area contributed by atoms with E-state index in [9.17, 15) is 4.79 Å². The third kappa shape index (κ3) is 4.75. The number of amides is 1. The van der Waals surface area contributed by atoms with Gasteiger partial charge in [-0.3, -0.25) is 4.79 Å². The zero-order valence-corrected chi connectivity index (χ0v) is 17.3. The largest absolute Gasteiger partial charge is 0.493 e. The predicted molar refractivity (Wildman–Crippen MR) is 114 cm³/mol. The lowest BCUT2D eigenvalue weighted by molar-refractivity contribution is 0.0939. The van der Waals surface area contributed by atoms with E-state index in [4.69, 9.17) is 4.74 Å². The molecule has 4 rings (SSSR count). The van der Waals surface area contributed by atoms with E-state index in [1.54, 1.807) is 23.1 Å². The minimum absolute atomic E-state index is 0.0365. The summed E-state index contributed by atoms with van der Waals surface area (Å²) >= 11 is 3.41. The first-order valence-electron chi connectivity index (χ1n) is 9.30. The molecular formula is C22H22N2O2S2. The SMILES string of the molecule is Cc1nc(CSc2ccc(C(=O)NCC3COc4ccccc4C3)cc2)cs1. The predicted octanol–water partition coefficient (Wildman–Crippen LogP) is 4.72. The van der Waals surface area contributed by atoms with Gasteiger partial charge in [0, 0.05) is 34.1 Å². The van der Waals surface area contributed by atoms with Gasteiger partial charge < -0.3 is 10.1 Å². The Kier molecular flexibility index (Phi) is 5.98. The van der Waals surface area contributed by atoms with Crippen molar-refractivity contribution in [3.63, 3.8) is 0 Å². The Bertz CT molecular complexity index is 953. The van der Waals surface area contributed by atoms with Crippen LogP contribution in [0.25, 0.3) is 0 Å². The molecule has 4 nitrogen and oxygen atoms in total. The van der Waals surface area contributed by atoms with Gasteiger partial charge >= 0.3 is 0 Å². The Labute approximate surface area is 173 Å². The molecule has 3 aromatic rings. The lowest BCUT2D eigenvalue weighted by Gasteiger charge is -2.25. The van der Waals surface area contributed by atoms with Crippen LogP contribution in [-0.4, -0.2) is 24.0 Å². The molecule has 1 amide bonds. The second kappa shape index (κ2) is 8.80. The van der Waals surface area contributed by atoms with E-state index in [-0.39, 0.29) is 5.91 Å². The Morgan fingerprint density at radius 2 is 2.07 bits per heavy atom. The van der Waals surface area contributed by atoms with Gasteiger partial charge in [-0.05, 0) is 49.2 Å². The summed E-state index contributed by atoms with van der Waals surface area (Å²) in [6.45, 7) is 3.28. The van der Waals surface area contributed by atoms with Crippen LogP contribution in [0.5, 0.6) is 5.75 Å². The summed E-state index contributed by atoms with van der Waals surface area (Å²) in [5, 5.41) is 6.23. The van der Waals surface area contributed by atoms with E-state index in [0.29, 0.717) is 24.6 Å². The summed E-state index contributed by atoms with van der Waals surface area (Å²) < 4.78 is 5.80.